The van der Waals surface area contributed by atoms with Gasteiger partial charge in [0.15, 0.2) is 5.96 Å². The van der Waals surface area contributed by atoms with Crippen LogP contribution >= 0.6 is 24.0 Å². The number of piperazine rings is 1. The van der Waals surface area contributed by atoms with Crippen molar-refractivity contribution in [2.45, 2.75) is 20.1 Å². The molecule has 1 amide bonds. The zero-order valence-electron chi connectivity index (χ0n) is 17.2. The number of aryl methyl sites for hydroxylation is 1. The van der Waals surface area contributed by atoms with Gasteiger partial charge in [-0.05, 0) is 18.1 Å². The number of hydrogen-bond donors (Lipinski definition) is 1. The largest absolute Gasteiger partial charge is 0.380 e. The number of halogens is 1. The molecule has 1 aromatic carbocycles. The van der Waals surface area contributed by atoms with E-state index in [9.17, 15) is 4.79 Å². The number of carbonyl (C=O) groups is 1. The van der Waals surface area contributed by atoms with Gasteiger partial charge in [-0.2, -0.15) is 5.10 Å². The standard InChI is InChI=1S/C20H28N6O2.HI/c1-4-21-20(22-11-16-7-5-6-8-17(16)15-28-3)25-9-10-26(19(27)14-25)18-12-23-24(2)13-18;/h5-8,12-13H,4,9-11,14-15H2,1-3H3,(H,21,22);1H. The van der Waals surface area contributed by atoms with E-state index in [4.69, 9.17) is 9.73 Å². The SMILES string of the molecule is CCNC(=NCc1ccccc1COC)N1CCN(c2cnn(C)c2)C(=O)C1.I. The van der Waals surface area contributed by atoms with Gasteiger partial charge in [0.1, 0.15) is 6.54 Å². The Morgan fingerprint density at radius 1 is 1.28 bits per heavy atom. The Morgan fingerprint density at radius 2 is 2.03 bits per heavy atom. The number of aliphatic imine (C=N–C) groups is 1. The maximum atomic E-state index is 12.7. The van der Waals surface area contributed by atoms with Crippen molar-refractivity contribution in [3.8, 4) is 0 Å². The van der Waals surface area contributed by atoms with E-state index in [1.54, 1.807) is 22.9 Å². The summed E-state index contributed by atoms with van der Waals surface area (Å²) >= 11 is 0. The first-order chi connectivity index (χ1) is 13.6. The molecule has 8 nitrogen and oxygen atoms in total. The van der Waals surface area contributed by atoms with Gasteiger partial charge in [0, 0.05) is 40.0 Å². The van der Waals surface area contributed by atoms with E-state index < -0.39 is 0 Å². The minimum Gasteiger partial charge on any atom is -0.380 e. The Bertz CT molecular complexity index is 838. The zero-order chi connectivity index (χ0) is 19.9. The molecule has 1 fully saturated rings. The van der Waals surface area contributed by atoms with E-state index in [1.165, 1.54) is 0 Å². The molecule has 0 bridgehead atoms. The van der Waals surface area contributed by atoms with Gasteiger partial charge in [-0.1, -0.05) is 24.3 Å². The minimum absolute atomic E-state index is 0. The maximum absolute atomic E-state index is 12.7. The van der Waals surface area contributed by atoms with Crippen LogP contribution in [0, 0.1) is 0 Å². The molecule has 1 aromatic heterocycles. The van der Waals surface area contributed by atoms with Crippen LogP contribution in [0.25, 0.3) is 0 Å². The number of hydrogen-bond acceptors (Lipinski definition) is 4. The molecule has 158 valence electrons. The third-order valence-electron chi connectivity index (χ3n) is 4.68. The van der Waals surface area contributed by atoms with Gasteiger partial charge in [-0.3, -0.25) is 9.48 Å². The summed E-state index contributed by atoms with van der Waals surface area (Å²) in [5, 5.41) is 7.47. The van der Waals surface area contributed by atoms with Crippen LogP contribution in [0.4, 0.5) is 5.69 Å². The van der Waals surface area contributed by atoms with Crippen LogP contribution in [0.1, 0.15) is 18.1 Å². The van der Waals surface area contributed by atoms with Crippen LogP contribution < -0.4 is 10.2 Å². The molecule has 0 atom stereocenters. The van der Waals surface area contributed by atoms with E-state index in [0.29, 0.717) is 32.8 Å². The third kappa shape index (κ3) is 5.92. The smallest absolute Gasteiger partial charge is 0.246 e. The monoisotopic (exact) mass is 512 g/mol. The minimum atomic E-state index is 0. The summed E-state index contributed by atoms with van der Waals surface area (Å²) in [6.45, 7) is 5.49. The van der Waals surface area contributed by atoms with Gasteiger partial charge in [-0.15, -0.1) is 24.0 Å². The first kappa shape index (κ1) is 23.1. The van der Waals surface area contributed by atoms with E-state index in [2.05, 4.69) is 22.5 Å². The van der Waals surface area contributed by atoms with Crippen molar-refractivity contribution in [3.05, 3.63) is 47.8 Å². The molecule has 0 saturated carbocycles. The molecular weight excluding hydrogens is 483 g/mol. The summed E-state index contributed by atoms with van der Waals surface area (Å²) in [4.78, 5) is 21.3. The normalized spacial score (nSPS) is 14.7. The van der Waals surface area contributed by atoms with Crippen molar-refractivity contribution in [2.75, 3.05) is 38.2 Å². The Labute approximate surface area is 188 Å². The predicted molar refractivity (Wildman–Crippen MR) is 125 cm³/mol. The summed E-state index contributed by atoms with van der Waals surface area (Å²) in [5.41, 5.74) is 3.09. The maximum Gasteiger partial charge on any atom is 0.246 e. The molecule has 0 radical (unpaired) electrons. The lowest BCUT2D eigenvalue weighted by atomic mass is 10.1. The number of methoxy groups -OCH3 is 1. The first-order valence-corrected chi connectivity index (χ1v) is 9.50. The number of benzene rings is 1. The van der Waals surface area contributed by atoms with Gasteiger partial charge in [-0.25, -0.2) is 4.99 Å². The van der Waals surface area contributed by atoms with Crippen LogP contribution in [0.15, 0.2) is 41.7 Å². The van der Waals surface area contributed by atoms with Crippen molar-refractivity contribution in [2.24, 2.45) is 12.0 Å². The van der Waals surface area contributed by atoms with Crippen molar-refractivity contribution in [1.29, 1.82) is 0 Å². The summed E-state index contributed by atoms with van der Waals surface area (Å²) in [6.07, 6.45) is 3.58. The number of rotatable bonds is 6. The Morgan fingerprint density at radius 3 is 2.66 bits per heavy atom. The predicted octanol–water partition coefficient (Wildman–Crippen LogP) is 2.00. The average Bonchev–Trinajstić information content (AvgIpc) is 3.12. The number of aromatic nitrogens is 2. The fourth-order valence-electron chi connectivity index (χ4n) is 3.27. The number of carbonyl (C=O) groups excluding carboxylic acids is 1. The van der Waals surface area contributed by atoms with Crippen LogP contribution in [-0.2, 0) is 29.7 Å². The van der Waals surface area contributed by atoms with E-state index in [1.807, 2.05) is 37.2 Å². The Hall–Kier alpha value is -2.14. The number of anilines is 1. The summed E-state index contributed by atoms with van der Waals surface area (Å²) in [5.74, 6) is 0.804. The fraction of sp³-hybridized carbons (Fsp3) is 0.450. The van der Waals surface area contributed by atoms with Gasteiger partial charge in [0.25, 0.3) is 0 Å². The zero-order valence-corrected chi connectivity index (χ0v) is 19.5. The Balaban J connectivity index is 0.00000300. The average molecular weight is 512 g/mol. The molecule has 9 heteroatoms. The van der Waals surface area contributed by atoms with Crippen LogP contribution in [0.5, 0.6) is 0 Å². The van der Waals surface area contributed by atoms with Gasteiger partial charge in [0.05, 0.1) is 25.0 Å². The molecule has 2 aromatic rings. The highest BCUT2D eigenvalue weighted by molar-refractivity contribution is 14.0. The Kier molecular flexibility index (Phi) is 8.90. The van der Waals surface area contributed by atoms with Crippen molar-refractivity contribution in [3.63, 3.8) is 0 Å². The van der Waals surface area contributed by atoms with E-state index in [-0.39, 0.29) is 29.9 Å². The van der Waals surface area contributed by atoms with E-state index in [0.717, 1.165) is 29.3 Å². The summed E-state index contributed by atoms with van der Waals surface area (Å²) < 4.78 is 6.98. The summed E-state index contributed by atoms with van der Waals surface area (Å²) in [7, 11) is 3.54. The molecular formula is C20H29IN6O2. The van der Waals surface area contributed by atoms with Crippen molar-refractivity contribution < 1.29 is 9.53 Å². The molecule has 0 spiro atoms. The first-order valence-electron chi connectivity index (χ1n) is 9.50. The topological polar surface area (TPSA) is 75.0 Å². The van der Waals surface area contributed by atoms with Crippen molar-refractivity contribution in [1.82, 2.24) is 20.0 Å². The molecule has 0 unspecified atom stereocenters. The second kappa shape index (κ2) is 11.1. The second-order valence-corrected chi connectivity index (χ2v) is 6.71. The van der Waals surface area contributed by atoms with Crippen LogP contribution in [-0.4, -0.2) is 59.8 Å². The van der Waals surface area contributed by atoms with Crippen molar-refractivity contribution >= 4 is 41.5 Å². The highest BCUT2D eigenvalue weighted by Crippen LogP contribution is 2.16. The van der Waals surface area contributed by atoms with Crippen LogP contribution in [0.3, 0.4) is 0 Å². The number of amides is 1. The quantitative estimate of drug-likeness (QED) is 0.364. The lowest BCUT2D eigenvalue weighted by Crippen LogP contribution is -2.55. The van der Waals surface area contributed by atoms with Gasteiger partial charge < -0.3 is 19.9 Å². The molecule has 1 aliphatic rings. The number of ether oxygens (including phenoxy) is 1. The lowest BCUT2D eigenvalue weighted by molar-refractivity contribution is -0.120. The summed E-state index contributed by atoms with van der Waals surface area (Å²) in [6, 6.07) is 8.13. The molecule has 3 rings (SSSR count). The molecule has 2 heterocycles. The molecule has 1 saturated heterocycles. The fourth-order valence-corrected chi connectivity index (χ4v) is 3.27. The highest BCUT2D eigenvalue weighted by atomic mass is 127. The lowest BCUT2D eigenvalue weighted by Gasteiger charge is -2.35. The second-order valence-electron chi connectivity index (χ2n) is 6.71. The number of guanidine groups is 1. The highest BCUT2D eigenvalue weighted by Gasteiger charge is 2.27. The number of nitrogens with zero attached hydrogens (tertiary/aromatic N) is 5. The molecule has 29 heavy (non-hydrogen) atoms. The van der Waals surface area contributed by atoms with Gasteiger partial charge in [0.2, 0.25) is 5.91 Å². The molecule has 0 aliphatic carbocycles. The molecule has 1 aliphatic heterocycles. The van der Waals surface area contributed by atoms with Crippen LogP contribution in [0.2, 0.25) is 0 Å². The molecule has 1 N–H and O–H groups in total. The third-order valence-corrected chi connectivity index (χ3v) is 4.68. The number of nitrogens with one attached hydrogen (secondary N) is 1. The van der Waals surface area contributed by atoms with E-state index >= 15 is 0 Å². The van der Waals surface area contributed by atoms with Gasteiger partial charge >= 0.3 is 0 Å².